The van der Waals surface area contributed by atoms with E-state index in [4.69, 9.17) is 11.6 Å². The summed E-state index contributed by atoms with van der Waals surface area (Å²) >= 11 is 5.85. The van der Waals surface area contributed by atoms with E-state index in [0.717, 1.165) is 23.5 Å². The topological polar surface area (TPSA) is 51.0 Å². The third kappa shape index (κ3) is 4.09. The number of nitrogens with zero attached hydrogens (tertiary/aromatic N) is 4. The minimum atomic E-state index is -4.80. The van der Waals surface area contributed by atoms with Gasteiger partial charge in [0.15, 0.2) is 0 Å². The van der Waals surface area contributed by atoms with Crippen molar-refractivity contribution in [3.63, 3.8) is 0 Å². The van der Waals surface area contributed by atoms with Crippen LogP contribution in [0.3, 0.4) is 0 Å². The van der Waals surface area contributed by atoms with Gasteiger partial charge in [0.1, 0.15) is 23.0 Å². The van der Waals surface area contributed by atoms with Gasteiger partial charge in [0.05, 0.1) is 6.54 Å². The highest BCUT2D eigenvalue weighted by Crippen LogP contribution is 2.43. The van der Waals surface area contributed by atoms with E-state index in [9.17, 15) is 22.4 Å². The summed E-state index contributed by atoms with van der Waals surface area (Å²) in [7, 11) is 1.54. The fraction of sp³-hybridized carbons (Fsp3) is 0.318. The van der Waals surface area contributed by atoms with Gasteiger partial charge in [0.25, 0.3) is 5.91 Å². The second kappa shape index (κ2) is 8.20. The molecule has 10 heteroatoms. The molecule has 0 radical (unpaired) electrons. The number of amides is 1. The Hall–Kier alpha value is -2.94. The lowest BCUT2D eigenvalue weighted by molar-refractivity contribution is -0.143. The number of rotatable bonds is 5. The van der Waals surface area contributed by atoms with E-state index in [1.807, 2.05) is 0 Å². The number of hydrogen-bond acceptors (Lipinski definition) is 3. The summed E-state index contributed by atoms with van der Waals surface area (Å²) in [5, 5.41) is 0.0973. The quantitative estimate of drug-likeness (QED) is 0.476. The number of benzene rings is 1. The molecule has 1 fully saturated rings. The lowest BCUT2D eigenvalue weighted by atomic mass is 9.99. The Kier molecular flexibility index (Phi) is 5.70. The van der Waals surface area contributed by atoms with Crippen molar-refractivity contribution in [2.24, 2.45) is 0 Å². The molecule has 1 saturated carbocycles. The highest BCUT2D eigenvalue weighted by Gasteiger charge is 2.43. The van der Waals surface area contributed by atoms with Gasteiger partial charge in [-0.25, -0.2) is 14.4 Å². The molecule has 0 saturated heterocycles. The van der Waals surface area contributed by atoms with Crippen LogP contribution in [0, 0.1) is 12.7 Å². The van der Waals surface area contributed by atoms with Crippen LogP contribution in [-0.2, 0) is 12.7 Å². The van der Waals surface area contributed by atoms with Crippen LogP contribution < -0.4 is 0 Å². The molecule has 0 N–H and O–H groups in total. The van der Waals surface area contributed by atoms with E-state index < -0.39 is 30.1 Å². The monoisotopic (exact) mass is 466 g/mol. The first-order valence-corrected chi connectivity index (χ1v) is 10.3. The minimum absolute atomic E-state index is 0.0589. The molecule has 0 bridgehead atoms. The van der Waals surface area contributed by atoms with E-state index in [-0.39, 0.29) is 39.3 Å². The van der Waals surface area contributed by atoms with Crippen molar-refractivity contribution in [2.75, 3.05) is 7.05 Å². The van der Waals surface area contributed by atoms with Crippen molar-refractivity contribution in [1.29, 1.82) is 0 Å². The highest BCUT2D eigenvalue weighted by molar-refractivity contribution is 6.30. The zero-order valence-corrected chi connectivity index (χ0v) is 18.0. The maximum Gasteiger partial charge on any atom is 0.431 e. The van der Waals surface area contributed by atoms with Crippen LogP contribution in [0.5, 0.6) is 0 Å². The fourth-order valence-electron chi connectivity index (χ4n) is 3.86. The molecular formula is C22H19ClF4N4O. The maximum atomic E-state index is 14.9. The Morgan fingerprint density at radius 1 is 1.25 bits per heavy atom. The zero-order chi connectivity index (χ0) is 23.2. The Labute approximate surface area is 186 Å². The molecule has 32 heavy (non-hydrogen) atoms. The summed E-state index contributed by atoms with van der Waals surface area (Å²) in [4.78, 5) is 22.9. The van der Waals surface area contributed by atoms with Gasteiger partial charge >= 0.3 is 6.18 Å². The third-order valence-corrected chi connectivity index (χ3v) is 5.75. The molecule has 2 aromatic heterocycles. The van der Waals surface area contributed by atoms with Crippen molar-refractivity contribution < 1.29 is 22.4 Å². The van der Waals surface area contributed by atoms with E-state index in [1.165, 1.54) is 42.4 Å². The molecule has 3 aromatic rings. The van der Waals surface area contributed by atoms with Crippen molar-refractivity contribution in [1.82, 2.24) is 19.4 Å². The fourth-order valence-corrected chi connectivity index (χ4v) is 4.02. The molecule has 2 heterocycles. The molecule has 1 aliphatic rings. The number of halogens is 5. The lowest BCUT2D eigenvalue weighted by Gasteiger charge is -2.20. The minimum Gasteiger partial charge on any atom is -0.337 e. The Bertz CT molecular complexity index is 1170. The molecule has 1 amide bonds. The predicted octanol–water partition coefficient (Wildman–Crippen LogP) is 5.35. The van der Waals surface area contributed by atoms with Crippen LogP contribution in [-0.4, -0.2) is 38.4 Å². The van der Waals surface area contributed by atoms with Crippen LogP contribution in [0.1, 0.15) is 40.4 Å². The Morgan fingerprint density at radius 3 is 2.47 bits per heavy atom. The average molecular weight is 467 g/mol. The van der Waals surface area contributed by atoms with E-state index in [2.05, 4.69) is 9.97 Å². The van der Waals surface area contributed by atoms with Crippen LogP contribution in [0.4, 0.5) is 17.6 Å². The summed E-state index contributed by atoms with van der Waals surface area (Å²) in [6.45, 7) is 0.841. The van der Waals surface area contributed by atoms with Crippen molar-refractivity contribution in [2.45, 2.75) is 38.5 Å². The van der Waals surface area contributed by atoms with Crippen LogP contribution in [0.15, 0.2) is 36.7 Å². The molecular weight excluding hydrogens is 448 g/mol. The lowest BCUT2D eigenvalue weighted by Crippen LogP contribution is -2.32. The summed E-state index contributed by atoms with van der Waals surface area (Å²) in [5.41, 5.74) is -1.78. The standard InChI is InChI=1S/C22H19ClF4N4O/c1-12-18(15-7-4-13(23)10-16(15)24)19(21(32)30(2)14-5-6-14)31(20(12)22(25,26)27)11-17-28-8-3-9-29-17/h3-4,7-10,14H,5-6,11H2,1-2H3. The molecule has 0 spiro atoms. The van der Waals surface area contributed by atoms with Gasteiger partial charge in [0, 0.05) is 41.6 Å². The number of carbonyl (C=O) groups excluding carboxylic acids is 1. The van der Waals surface area contributed by atoms with Gasteiger partial charge in [0.2, 0.25) is 0 Å². The summed E-state index contributed by atoms with van der Waals surface area (Å²) in [6.07, 6.45) is -0.457. The second-order valence-corrected chi connectivity index (χ2v) is 8.15. The Balaban J connectivity index is 2.02. The van der Waals surface area contributed by atoms with Gasteiger partial charge in [-0.05, 0) is 49.6 Å². The highest BCUT2D eigenvalue weighted by atomic mass is 35.5. The zero-order valence-electron chi connectivity index (χ0n) is 17.2. The number of carbonyl (C=O) groups is 1. The average Bonchev–Trinajstić information content (AvgIpc) is 3.52. The van der Waals surface area contributed by atoms with Crippen molar-refractivity contribution in [3.8, 4) is 11.1 Å². The second-order valence-electron chi connectivity index (χ2n) is 7.72. The normalized spacial score (nSPS) is 14.0. The van der Waals surface area contributed by atoms with E-state index >= 15 is 0 Å². The first-order valence-electron chi connectivity index (χ1n) is 9.88. The molecule has 5 nitrogen and oxygen atoms in total. The van der Waals surface area contributed by atoms with Gasteiger partial charge in [-0.3, -0.25) is 4.79 Å². The third-order valence-electron chi connectivity index (χ3n) is 5.51. The van der Waals surface area contributed by atoms with Crippen molar-refractivity contribution >= 4 is 17.5 Å². The van der Waals surface area contributed by atoms with E-state index in [1.54, 1.807) is 7.05 Å². The number of hydrogen-bond donors (Lipinski definition) is 0. The SMILES string of the molecule is Cc1c(-c2ccc(Cl)cc2F)c(C(=O)N(C)C2CC2)n(Cc2ncccn2)c1C(F)(F)F. The predicted molar refractivity (Wildman–Crippen MR) is 111 cm³/mol. The maximum absolute atomic E-state index is 14.9. The smallest absolute Gasteiger partial charge is 0.337 e. The molecule has 0 unspecified atom stereocenters. The van der Waals surface area contributed by atoms with E-state index in [0.29, 0.717) is 0 Å². The largest absolute Gasteiger partial charge is 0.431 e. The Morgan fingerprint density at radius 2 is 1.91 bits per heavy atom. The van der Waals surface area contributed by atoms with Crippen molar-refractivity contribution in [3.05, 3.63) is 70.3 Å². The van der Waals surface area contributed by atoms with Crippen LogP contribution >= 0.6 is 11.6 Å². The first-order chi connectivity index (χ1) is 15.1. The van der Waals surface area contributed by atoms with Gasteiger partial charge in [-0.15, -0.1) is 0 Å². The number of alkyl halides is 3. The molecule has 0 atom stereocenters. The molecule has 4 rings (SSSR count). The summed E-state index contributed by atoms with van der Waals surface area (Å²) in [5.74, 6) is -1.34. The van der Waals surface area contributed by atoms with Crippen LogP contribution in [0.2, 0.25) is 5.02 Å². The van der Waals surface area contributed by atoms with Crippen LogP contribution in [0.25, 0.3) is 11.1 Å². The number of aromatic nitrogens is 3. The molecule has 1 aliphatic carbocycles. The first kappa shape index (κ1) is 22.3. The summed E-state index contributed by atoms with van der Waals surface area (Å²) < 4.78 is 58.4. The molecule has 168 valence electrons. The van der Waals surface area contributed by atoms with Gasteiger partial charge in [-0.2, -0.15) is 13.2 Å². The molecule has 0 aliphatic heterocycles. The van der Waals surface area contributed by atoms with Gasteiger partial charge in [-0.1, -0.05) is 11.6 Å². The van der Waals surface area contributed by atoms with Gasteiger partial charge < -0.3 is 9.47 Å². The summed E-state index contributed by atoms with van der Waals surface area (Å²) in [6, 6.07) is 5.16. The molecule has 1 aromatic carbocycles.